The SMILES string of the molecule is O=C(OC(C(F)(F)F)C(F)(F)S(=O)(=O)O)C1CCC2(CC1)CO2. The van der Waals surface area contributed by atoms with Crippen LogP contribution in [0.15, 0.2) is 0 Å². The van der Waals surface area contributed by atoms with Crippen molar-refractivity contribution in [3.05, 3.63) is 0 Å². The van der Waals surface area contributed by atoms with Crippen molar-refractivity contribution in [1.29, 1.82) is 0 Å². The summed E-state index contributed by atoms with van der Waals surface area (Å²) in [6, 6.07) is 0. The molecule has 0 aromatic rings. The first-order valence-electron chi connectivity index (χ1n) is 6.54. The maximum absolute atomic E-state index is 13.3. The van der Waals surface area contributed by atoms with E-state index in [2.05, 4.69) is 4.74 Å². The molecule has 1 saturated carbocycles. The van der Waals surface area contributed by atoms with Crippen molar-refractivity contribution in [3.63, 3.8) is 0 Å². The van der Waals surface area contributed by atoms with E-state index in [0.29, 0.717) is 19.4 Å². The molecule has 0 radical (unpaired) electrons. The molecule has 6 nitrogen and oxygen atoms in total. The van der Waals surface area contributed by atoms with Gasteiger partial charge < -0.3 is 9.47 Å². The van der Waals surface area contributed by atoms with Gasteiger partial charge in [-0.25, -0.2) is 0 Å². The molecule has 134 valence electrons. The van der Waals surface area contributed by atoms with Crippen LogP contribution in [0.3, 0.4) is 0 Å². The summed E-state index contributed by atoms with van der Waals surface area (Å²) >= 11 is 0. The third-order valence-corrected chi connectivity index (χ3v) is 4.87. The molecule has 1 heterocycles. The van der Waals surface area contributed by atoms with Gasteiger partial charge in [0.2, 0.25) is 0 Å². The molecule has 0 aromatic heterocycles. The van der Waals surface area contributed by atoms with E-state index < -0.39 is 39.5 Å². The second-order valence-electron chi connectivity index (χ2n) is 5.64. The van der Waals surface area contributed by atoms with Gasteiger partial charge in [0, 0.05) is 0 Å². The minimum Gasteiger partial charge on any atom is -0.444 e. The third-order valence-electron chi connectivity index (χ3n) is 3.96. The molecule has 12 heteroatoms. The van der Waals surface area contributed by atoms with E-state index in [1.54, 1.807) is 0 Å². The normalized spacial score (nSPS) is 30.1. The molecule has 0 aromatic carbocycles. The Balaban J connectivity index is 2.10. The second kappa shape index (κ2) is 5.52. The van der Waals surface area contributed by atoms with Gasteiger partial charge in [-0.1, -0.05) is 0 Å². The second-order valence-corrected chi connectivity index (χ2v) is 7.14. The fourth-order valence-electron chi connectivity index (χ4n) is 2.44. The lowest BCUT2D eigenvalue weighted by atomic mass is 9.82. The Morgan fingerprint density at radius 1 is 1.22 bits per heavy atom. The number of hydrogen-bond acceptors (Lipinski definition) is 5. The van der Waals surface area contributed by atoms with Crippen LogP contribution >= 0.6 is 0 Å². The fourth-order valence-corrected chi connectivity index (χ4v) is 2.90. The van der Waals surface area contributed by atoms with Gasteiger partial charge in [0.1, 0.15) is 0 Å². The maximum atomic E-state index is 13.3. The van der Waals surface area contributed by atoms with E-state index in [4.69, 9.17) is 9.29 Å². The van der Waals surface area contributed by atoms with E-state index in [0.717, 1.165) is 0 Å². The Morgan fingerprint density at radius 2 is 1.70 bits per heavy atom. The molecule has 1 aliphatic heterocycles. The molecule has 1 unspecified atom stereocenters. The number of epoxide rings is 1. The van der Waals surface area contributed by atoms with E-state index in [9.17, 15) is 35.2 Å². The van der Waals surface area contributed by atoms with Crippen LogP contribution in [0, 0.1) is 5.92 Å². The quantitative estimate of drug-likeness (QED) is 0.353. The van der Waals surface area contributed by atoms with Gasteiger partial charge in [-0.05, 0) is 25.7 Å². The predicted molar refractivity (Wildman–Crippen MR) is 63.1 cm³/mol. The van der Waals surface area contributed by atoms with Crippen molar-refractivity contribution in [2.45, 2.75) is 48.8 Å². The zero-order valence-electron chi connectivity index (χ0n) is 11.5. The molecule has 1 atom stereocenters. The summed E-state index contributed by atoms with van der Waals surface area (Å²) in [4.78, 5) is 11.7. The van der Waals surface area contributed by atoms with Crippen LogP contribution < -0.4 is 0 Å². The standard InChI is InChI=1S/C11H13F5O6S/c12-10(13,14)8(11(15,16)23(18,19)20)22-7(17)6-1-3-9(4-2-6)5-21-9/h6,8H,1-5H2,(H,18,19,20). The van der Waals surface area contributed by atoms with Crippen LogP contribution in [0.5, 0.6) is 0 Å². The summed E-state index contributed by atoms with van der Waals surface area (Å²) in [6.07, 6.45) is -9.23. The van der Waals surface area contributed by atoms with Gasteiger partial charge in [-0.2, -0.15) is 30.4 Å². The van der Waals surface area contributed by atoms with Crippen LogP contribution in [0.1, 0.15) is 25.7 Å². The monoisotopic (exact) mass is 368 g/mol. The number of rotatable bonds is 4. The number of ether oxygens (including phenoxy) is 2. The summed E-state index contributed by atoms with van der Waals surface area (Å²) in [5.41, 5.74) is -0.376. The summed E-state index contributed by atoms with van der Waals surface area (Å²) in [7, 11) is -6.42. The Labute approximate surface area is 127 Å². The minimum atomic E-state index is -6.42. The van der Waals surface area contributed by atoms with Gasteiger partial charge in [0.15, 0.2) is 0 Å². The van der Waals surface area contributed by atoms with Crippen LogP contribution in [0.2, 0.25) is 0 Å². The van der Waals surface area contributed by atoms with Crippen LogP contribution in [-0.2, 0) is 24.4 Å². The Bertz CT molecular complexity index is 572. The van der Waals surface area contributed by atoms with Crippen LogP contribution in [-0.4, -0.2) is 48.7 Å². The highest BCUT2D eigenvalue weighted by atomic mass is 32.2. The van der Waals surface area contributed by atoms with E-state index in [1.807, 2.05) is 0 Å². The van der Waals surface area contributed by atoms with E-state index >= 15 is 0 Å². The predicted octanol–water partition coefficient (Wildman–Crippen LogP) is 1.90. The smallest absolute Gasteiger partial charge is 0.432 e. The fraction of sp³-hybridized carbons (Fsp3) is 0.909. The van der Waals surface area contributed by atoms with Gasteiger partial charge in [0.05, 0.1) is 18.1 Å². The molecule has 23 heavy (non-hydrogen) atoms. The molecule has 0 amide bonds. The number of hydrogen-bond donors (Lipinski definition) is 1. The third kappa shape index (κ3) is 3.74. The molecule has 2 rings (SSSR count). The summed E-state index contributed by atoms with van der Waals surface area (Å²) in [6.45, 7) is 0.473. The van der Waals surface area contributed by atoms with Gasteiger partial charge in [-0.3, -0.25) is 9.35 Å². The topological polar surface area (TPSA) is 93.2 Å². The number of carbonyl (C=O) groups is 1. The highest BCUT2D eigenvalue weighted by Crippen LogP contribution is 2.45. The van der Waals surface area contributed by atoms with Crippen LogP contribution in [0.4, 0.5) is 22.0 Å². The first kappa shape index (κ1) is 18.3. The Kier molecular flexibility index (Phi) is 4.40. The van der Waals surface area contributed by atoms with Crippen molar-refractivity contribution < 1.29 is 49.2 Å². The molecular weight excluding hydrogens is 355 g/mol. The molecule has 2 aliphatic rings. The molecule has 1 aliphatic carbocycles. The molecule has 1 N–H and O–H groups in total. The van der Waals surface area contributed by atoms with Gasteiger partial charge in [-0.15, -0.1) is 0 Å². The summed E-state index contributed by atoms with van der Waals surface area (Å²) in [5.74, 6) is -2.64. The summed E-state index contributed by atoms with van der Waals surface area (Å²) < 4.78 is 103. The number of alkyl halides is 5. The van der Waals surface area contributed by atoms with Crippen molar-refractivity contribution in [2.75, 3.05) is 6.61 Å². The lowest BCUT2D eigenvalue weighted by Gasteiger charge is -2.29. The average Bonchev–Trinajstić information content (AvgIpc) is 3.13. The van der Waals surface area contributed by atoms with Crippen molar-refractivity contribution in [2.24, 2.45) is 5.92 Å². The summed E-state index contributed by atoms with van der Waals surface area (Å²) in [5, 5.41) is -5.70. The highest BCUT2D eigenvalue weighted by molar-refractivity contribution is 7.86. The van der Waals surface area contributed by atoms with Gasteiger partial charge >= 0.3 is 27.5 Å². The Hall–Kier alpha value is -1.01. The minimum absolute atomic E-state index is 0.0842. The van der Waals surface area contributed by atoms with Crippen molar-refractivity contribution in [3.8, 4) is 0 Å². The first-order chi connectivity index (χ1) is 10.3. The number of halogens is 5. The maximum Gasteiger partial charge on any atom is 0.432 e. The number of carbonyl (C=O) groups excluding carboxylic acids is 1. The number of esters is 1. The zero-order valence-corrected chi connectivity index (χ0v) is 12.3. The molecular formula is C11H13F5O6S. The molecule has 0 bridgehead atoms. The van der Waals surface area contributed by atoms with Gasteiger partial charge in [0.25, 0.3) is 6.10 Å². The molecule has 1 spiro atoms. The first-order valence-corrected chi connectivity index (χ1v) is 7.98. The molecule has 2 fully saturated rings. The average molecular weight is 368 g/mol. The van der Waals surface area contributed by atoms with E-state index in [1.165, 1.54) is 0 Å². The lowest BCUT2D eigenvalue weighted by Crippen LogP contribution is -2.52. The zero-order chi connectivity index (χ0) is 17.7. The van der Waals surface area contributed by atoms with E-state index in [-0.39, 0.29) is 18.4 Å². The Morgan fingerprint density at radius 3 is 2.04 bits per heavy atom. The van der Waals surface area contributed by atoms with Crippen molar-refractivity contribution >= 4 is 16.1 Å². The lowest BCUT2D eigenvalue weighted by molar-refractivity contribution is -0.261. The highest BCUT2D eigenvalue weighted by Gasteiger charge is 2.66. The molecule has 1 saturated heterocycles. The largest absolute Gasteiger partial charge is 0.444 e. The van der Waals surface area contributed by atoms with Crippen molar-refractivity contribution in [1.82, 2.24) is 0 Å². The van der Waals surface area contributed by atoms with Crippen LogP contribution in [0.25, 0.3) is 0 Å².